The predicted octanol–water partition coefficient (Wildman–Crippen LogP) is 2.99. The van der Waals surface area contributed by atoms with Gasteiger partial charge in [-0.3, -0.25) is 14.4 Å². The highest BCUT2D eigenvalue weighted by molar-refractivity contribution is 9.10. The molecule has 3 atom stereocenters. The number of piperidine rings is 1. The monoisotopic (exact) mass is 528 g/mol. The Labute approximate surface area is 209 Å². The van der Waals surface area contributed by atoms with Gasteiger partial charge >= 0.3 is 0 Å². The molecule has 182 valence electrons. The van der Waals surface area contributed by atoms with Crippen LogP contribution in [0.1, 0.15) is 43.2 Å². The first-order chi connectivity index (χ1) is 16.4. The van der Waals surface area contributed by atoms with Crippen LogP contribution < -0.4 is 4.74 Å². The summed E-state index contributed by atoms with van der Waals surface area (Å²) in [6.07, 6.45) is 9.30. The molecule has 8 heteroatoms. The molecule has 1 N–H and O–H groups in total. The molecule has 2 aliphatic heterocycles. The van der Waals surface area contributed by atoms with E-state index in [1.807, 2.05) is 11.1 Å². The van der Waals surface area contributed by atoms with E-state index in [0.29, 0.717) is 19.5 Å². The smallest absolute Gasteiger partial charge is 0.244 e. The minimum Gasteiger partial charge on any atom is -0.497 e. The van der Waals surface area contributed by atoms with E-state index in [-0.39, 0.29) is 23.9 Å². The number of likely N-dealkylation sites (tertiary alicyclic amines) is 2. The fourth-order valence-electron chi connectivity index (χ4n) is 6.90. The van der Waals surface area contributed by atoms with Crippen LogP contribution in [0.4, 0.5) is 0 Å². The molecule has 4 aliphatic rings. The second-order valence-electron chi connectivity index (χ2n) is 10.7. The third-order valence-electron chi connectivity index (χ3n) is 8.91. The van der Waals surface area contributed by atoms with Gasteiger partial charge in [0.25, 0.3) is 0 Å². The van der Waals surface area contributed by atoms with Gasteiger partial charge < -0.3 is 14.7 Å². The third kappa shape index (κ3) is 3.60. The second-order valence-corrected chi connectivity index (χ2v) is 11.6. The molecular formula is C26H33BrN4O3. The minimum atomic E-state index is -0.858. The lowest BCUT2D eigenvalue weighted by Crippen LogP contribution is -2.71. The van der Waals surface area contributed by atoms with Gasteiger partial charge in [-0.1, -0.05) is 6.07 Å². The maximum Gasteiger partial charge on any atom is 0.244 e. The van der Waals surface area contributed by atoms with Crippen molar-refractivity contribution in [3.63, 3.8) is 0 Å². The molecule has 3 heterocycles. The first-order valence-electron chi connectivity index (χ1n) is 12.5. The van der Waals surface area contributed by atoms with E-state index < -0.39 is 5.60 Å². The zero-order chi connectivity index (χ0) is 23.5. The van der Waals surface area contributed by atoms with Gasteiger partial charge in [0.05, 0.1) is 23.4 Å². The van der Waals surface area contributed by atoms with Crippen LogP contribution >= 0.6 is 15.9 Å². The van der Waals surface area contributed by atoms with Crippen LogP contribution in [0.5, 0.6) is 5.75 Å². The number of carbonyl (C=O) groups is 1. The Balaban J connectivity index is 1.34. The molecule has 0 spiro atoms. The molecule has 34 heavy (non-hydrogen) atoms. The van der Waals surface area contributed by atoms with E-state index in [0.717, 1.165) is 48.5 Å². The Morgan fingerprint density at radius 1 is 1.24 bits per heavy atom. The number of aromatic nitrogens is 2. The maximum atomic E-state index is 13.2. The number of methoxy groups -OCH3 is 1. The SMILES string of the molecule is COc1ccc2c(c1)C13CCN(C(=O)Cn4cc(Br)cn4)CCC1(O)C(C2)N(CC1CC1)CC3. The van der Waals surface area contributed by atoms with Crippen molar-refractivity contribution < 1.29 is 14.6 Å². The Morgan fingerprint density at radius 2 is 2.03 bits per heavy atom. The second kappa shape index (κ2) is 8.35. The molecule has 2 aromatic rings. The highest BCUT2D eigenvalue weighted by Gasteiger charge is 2.63. The van der Waals surface area contributed by atoms with Crippen molar-refractivity contribution >= 4 is 21.8 Å². The molecule has 2 aliphatic carbocycles. The summed E-state index contributed by atoms with van der Waals surface area (Å²) in [5.74, 6) is 1.69. The van der Waals surface area contributed by atoms with E-state index in [2.05, 4.69) is 44.1 Å². The van der Waals surface area contributed by atoms with Crippen molar-refractivity contribution in [2.75, 3.05) is 33.3 Å². The summed E-state index contributed by atoms with van der Waals surface area (Å²) in [6.45, 7) is 3.54. The number of nitrogens with zero attached hydrogens (tertiary/aromatic N) is 4. The molecule has 7 nitrogen and oxygen atoms in total. The van der Waals surface area contributed by atoms with E-state index >= 15 is 0 Å². The van der Waals surface area contributed by atoms with Crippen molar-refractivity contribution in [3.05, 3.63) is 46.2 Å². The number of halogens is 1. The maximum absolute atomic E-state index is 13.2. The van der Waals surface area contributed by atoms with Gasteiger partial charge in [0, 0.05) is 37.3 Å². The average molecular weight is 529 g/mol. The fourth-order valence-corrected chi connectivity index (χ4v) is 7.22. The van der Waals surface area contributed by atoms with Crippen molar-refractivity contribution in [3.8, 4) is 5.75 Å². The van der Waals surface area contributed by atoms with Crippen molar-refractivity contribution in [1.29, 1.82) is 0 Å². The summed E-state index contributed by atoms with van der Waals surface area (Å²) < 4.78 is 8.14. The van der Waals surface area contributed by atoms with E-state index in [1.54, 1.807) is 18.0 Å². The summed E-state index contributed by atoms with van der Waals surface area (Å²) in [6, 6.07) is 6.51. The average Bonchev–Trinajstić information content (AvgIpc) is 3.58. The summed E-state index contributed by atoms with van der Waals surface area (Å²) >= 11 is 3.41. The first kappa shape index (κ1) is 22.6. The zero-order valence-electron chi connectivity index (χ0n) is 19.8. The number of aliphatic hydroxyl groups is 1. The van der Waals surface area contributed by atoms with Gasteiger partial charge in [0.1, 0.15) is 12.3 Å². The molecule has 1 saturated carbocycles. The molecule has 6 rings (SSSR count). The van der Waals surface area contributed by atoms with Crippen LogP contribution in [-0.2, 0) is 23.2 Å². The zero-order valence-corrected chi connectivity index (χ0v) is 21.3. The van der Waals surface area contributed by atoms with Gasteiger partial charge in [-0.2, -0.15) is 5.10 Å². The first-order valence-corrected chi connectivity index (χ1v) is 13.3. The van der Waals surface area contributed by atoms with Gasteiger partial charge in [0.2, 0.25) is 5.91 Å². The largest absolute Gasteiger partial charge is 0.497 e. The van der Waals surface area contributed by atoms with Crippen molar-refractivity contribution in [2.24, 2.45) is 5.92 Å². The molecule has 0 radical (unpaired) electrons. The Hall–Kier alpha value is -1.90. The van der Waals surface area contributed by atoms with Crippen molar-refractivity contribution in [1.82, 2.24) is 19.6 Å². The van der Waals surface area contributed by atoms with E-state index in [1.165, 1.54) is 24.0 Å². The molecule has 3 fully saturated rings. The molecule has 1 aromatic heterocycles. The number of benzene rings is 1. The molecule has 1 aromatic carbocycles. The van der Waals surface area contributed by atoms with Crippen LogP contribution in [0.25, 0.3) is 0 Å². The van der Waals surface area contributed by atoms with E-state index in [9.17, 15) is 9.90 Å². The van der Waals surface area contributed by atoms with Crippen LogP contribution in [0.2, 0.25) is 0 Å². The van der Waals surface area contributed by atoms with E-state index in [4.69, 9.17) is 4.74 Å². The standard InChI is InChI=1S/C26H33BrN4O3/c1-34-21-5-4-19-12-23-26(33)8-11-29(24(32)17-31-16-20(27)14-28-31)9-6-25(26,22(19)13-21)7-10-30(23)15-18-2-3-18/h4-5,13-14,16,18,23,33H,2-3,6-12,15,17H2,1H3. The Kier molecular flexibility index (Phi) is 5.54. The van der Waals surface area contributed by atoms with Crippen LogP contribution in [0.15, 0.2) is 35.1 Å². The number of hydrogen-bond acceptors (Lipinski definition) is 5. The summed E-state index contributed by atoms with van der Waals surface area (Å²) in [7, 11) is 1.70. The molecular weight excluding hydrogens is 496 g/mol. The molecule has 3 unspecified atom stereocenters. The number of fused-ring (bicyclic) bond motifs is 1. The summed E-state index contributed by atoms with van der Waals surface area (Å²) in [4.78, 5) is 17.7. The number of hydrogen-bond donors (Lipinski definition) is 1. The topological polar surface area (TPSA) is 70.8 Å². The minimum absolute atomic E-state index is 0.0597. The van der Waals surface area contributed by atoms with Crippen LogP contribution in [0, 0.1) is 5.92 Å². The Bertz CT molecular complexity index is 1100. The summed E-state index contributed by atoms with van der Waals surface area (Å²) in [5.41, 5.74) is 1.35. The lowest BCUT2D eigenvalue weighted by atomic mass is 9.52. The van der Waals surface area contributed by atoms with Crippen LogP contribution in [-0.4, -0.2) is 75.5 Å². The van der Waals surface area contributed by atoms with Gasteiger partial charge in [-0.05, 0) is 90.2 Å². The van der Waals surface area contributed by atoms with Crippen LogP contribution in [0.3, 0.4) is 0 Å². The molecule has 1 amide bonds. The third-order valence-corrected chi connectivity index (χ3v) is 9.31. The lowest BCUT2D eigenvalue weighted by molar-refractivity contribution is -0.149. The van der Waals surface area contributed by atoms with Gasteiger partial charge in [0.15, 0.2) is 0 Å². The quantitative estimate of drug-likeness (QED) is 0.645. The highest BCUT2D eigenvalue weighted by atomic mass is 79.9. The number of rotatable bonds is 5. The lowest BCUT2D eigenvalue weighted by Gasteiger charge is -2.61. The summed E-state index contributed by atoms with van der Waals surface area (Å²) in [5, 5.41) is 16.9. The number of ether oxygens (including phenoxy) is 1. The predicted molar refractivity (Wildman–Crippen MR) is 132 cm³/mol. The van der Waals surface area contributed by atoms with Gasteiger partial charge in [-0.25, -0.2) is 0 Å². The molecule has 2 saturated heterocycles. The van der Waals surface area contributed by atoms with Crippen molar-refractivity contribution in [2.45, 2.75) is 62.1 Å². The Morgan fingerprint density at radius 3 is 2.76 bits per heavy atom. The normalized spacial score (nSPS) is 30.9. The fraction of sp³-hybridized carbons (Fsp3) is 0.615. The number of amides is 1. The molecule has 2 bridgehead atoms. The number of carbonyl (C=O) groups excluding carboxylic acids is 1. The van der Waals surface area contributed by atoms with Gasteiger partial charge in [-0.15, -0.1) is 0 Å². The highest BCUT2D eigenvalue weighted by Crippen LogP contribution is 2.56.